The third-order valence-electron chi connectivity index (χ3n) is 4.10. The lowest BCUT2D eigenvalue weighted by molar-refractivity contribution is 0.102. The van der Waals surface area contributed by atoms with Crippen LogP contribution in [0.5, 0.6) is 0 Å². The van der Waals surface area contributed by atoms with Gasteiger partial charge in [-0.15, -0.1) is 11.8 Å². The van der Waals surface area contributed by atoms with E-state index in [0.717, 1.165) is 42.4 Å². The van der Waals surface area contributed by atoms with Crippen molar-refractivity contribution in [1.82, 2.24) is 0 Å². The van der Waals surface area contributed by atoms with Crippen molar-refractivity contribution in [2.45, 2.75) is 23.8 Å². The molecule has 1 aliphatic heterocycles. The Hall–Kier alpha value is -2.10. The SMILES string of the molecule is CS(=O)(=O)Nc1cc(NC(=O)c2ccccc2SC[C@@H]2CCCO2)ccc1F. The Morgan fingerprint density at radius 1 is 1.29 bits per heavy atom. The van der Waals surface area contributed by atoms with Gasteiger partial charge in [-0.1, -0.05) is 12.1 Å². The molecule has 1 heterocycles. The second-order valence-electron chi connectivity index (χ2n) is 6.47. The molecule has 2 aromatic carbocycles. The molecular formula is C19H21FN2O4S2. The van der Waals surface area contributed by atoms with Gasteiger partial charge in [-0.05, 0) is 43.2 Å². The zero-order valence-electron chi connectivity index (χ0n) is 15.3. The first-order valence-electron chi connectivity index (χ1n) is 8.74. The Balaban J connectivity index is 1.73. The van der Waals surface area contributed by atoms with Crippen LogP contribution < -0.4 is 10.0 Å². The predicted octanol–water partition coefficient (Wildman–Crippen LogP) is 3.72. The van der Waals surface area contributed by atoms with Crippen LogP contribution in [0.4, 0.5) is 15.8 Å². The van der Waals surface area contributed by atoms with E-state index in [1.807, 2.05) is 12.1 Å². The fourth-order valence-corrected chi connectivity index (χ4v) is 4.49. The summed E-state index contributed by atoms with van der Waals surface area (Å²) >= 11 is 1.56. The lowest BCUT2D eigenvalue weighted by Gasteiger charge is -2.13. The van der Waals surface area contributed by atoms with Crippen molar-refractivity contribution in [3.05, 3.63) is 53.8 Å². The number of benzene rings is 2. The Labute approximate surface area is 167 Å². The molecule has 0 unspecified atom stereocenters. The average Bonchev–Trinajstić information content (AvgIpc) is 3.15. The molecule has 1 fully saturated rings. The summed E-state index contributed by atoms with van der Waals surface area (Å²) in [6, 6.07) is 10.9. The van der Waals surface area contributed by atoms with E-state index in [1.165, 1.54) is 12.1 Å². The lowest BCUT2D eigenvalue weighted by atomic mass is 10.2. The van der Waals surface area contributed by atoms with Gasteiger partial charge < -0.3 is 10.1 Å². The topological polar surface area (TPSA) is 84.5 Å². The van der Waals surface area contributed by atoms with Crippen molar-refractivity contribution in [2.24, 2.45) is 0 Å². The highest BCUT2D eigenvalue weighted by atomic mass is 32.2. The van der Waals surface area contributed by atoms with E-state index in [9.17, 15) is 17.6 Å². The van der Waals surface area contributed by atoms with E-state index >= 15 is 0 Å². The first-order chi connectivity index (χ1) is 13.3. The monoisotopic (exact) mass is 424 g/mol. The highest BCUT2D eigenvalue weighted by Crippen LogP contribution is 2.28. The third-order valence-corrected chi connectivity index (χ3v) is 5.90. The molecule has 6 nitrogen and oxygen atoms in total. The van der Waals surface area contributed by atoms with Gasteiger partial charge >= 0.3 is 0 Å². The molecule has 0 aromatic heterocycles. The number of anilines is 2. The molecule has 2 aromatic rings. The molecule has 1 saturated heterocycles. The van der Waals surface area contributed by atoms with Gasteiger partial charge in [0, 0.05) is 22.9 Å². The molecule has 3 rings (SSSR count). The Kier molecular flexibility index (Phi) is 6.58. The zero-order chi connectivity index (χ0) is 20.1. The summed E-state index contributed by atoms with van der Waals surface area (Å²) in [4.78, 5) is 13.6. The van der Waals surface area contributed by atoms with E-state index in [-0.39, 0.29) is 23.4 Å². The molecule has 0 saturated carbocycles. The summed E-state index contributed by atoms with van der Waals surface area (Å²) < 4.78 is 44.2. The van der Waals surface area contributed by atoms with Crippen molar-refractivity contribution >= 4 is 39.1 Å². The number of carbonyl (C=O) groups excluding carboxylic acids is 1. The zero-order valence-corrected chi connectivity index (χ0v) is 16.9. The standard InChI is InChI=1S/C19H21FN2O4S2/c1-28(24,25)22-17-11-13(8-9-16(17)20)21-19(23)15-6-2-3-7-18(15)27-12-14-5-4-10-26-14/h2-3,6-9,11,14,22H,4-5,10,12H2,1H3,(H,21,23)/t14-/m0/s1. The summed E-state index contributed by atoms with van der Waals surface area (Å²) in [5, 5.41) is 2.69. The van der Waals surface area contributed by atoms with Crippen LogP contribution in [0, 0.1) is 5.82 Å². The van der Waals surface area contributed by atoms with Gasteiger partial charge in [0.25, 0.3) is 5.91 Å². The van der Waals surface area contributed by atoms with Crippen LogP contribution in [0.25, 0.3) is 0 Å². The number of hydrogen-bond donors (Lipinski definition) is 2. The van der Waals surface area contributed by atoms with Crippen LogP contribution in [0.1, 0.15) is 23.2 Å². The molecule has 0 spiro atoms. The number of rotatable bonds is 7. The maximum atomic E-state index is 13.8. The third kappa shape index (κ3) is 5.70. The fraction of sp³-hybridized carbons (Fsp3) is 0.316. The molecule has 1 atom stereocenters. The first-order valence-corrected chi connectivity index (χ1v) is 11.6. The molecule has 1 aliphatic rings. The summed E-state index contributed by atoms with van der Waals surface area (Å²) in [7, 11) is -3.64. The Morgan fingerprint density at radius 2 is 2.07 bits per heavy atom. The molecule has 0 radical (unpaired) electrons. The van der Waals surface area contributed by atoms with Crippen LogP contribution >= 0.6 is 11.8 Å². The number of nitrogens with one attached hydrogen (secondary N) is 2. The minimum absolute atomic E-state index is 0.197. The van der Waals surface area contributed by atoms with Crippen molar-refractivity contribution < 1.29 is 22.3 Å². The van der Waals surface area contributed by atoms with Gasteiger partial charge in [0.15, 0.2) is 0 Å². The summed E-state index contributed by atoms with van der Waals surface area (Å²) in [6.07, 6.45) is 3.21. The molecule has 9 heteroatoms. The lowest BCUT2D eigenvalue weighted by Crippen LogP contribution is -2.15. The van der Waals surface area contributed by atoms with Gasteiger partial charge in [0.05, 0.1) is 23.6 Å². The fourth-order valence-electron chi connectivity index (χ4n) is 2.82. The van der Waals surface area contributed by atoms with Crippen LogP contribution in [-0.4, -0.2) is 39.0 Å². The van der Waals surface area contributed by atoms with Crippen molar-refractivity contribution in [3.8, 4) is 0 Å². The number of thioether (sulfide) groups is 1. The van der Waals surface area contributed by atoms with E-state index in [4.69, 9.17) is 4.74 Å². The van der Waals surface area contributed by atoms with E-state index < -0.39 is 15.8 Å². The number of halogens is 1. The summed E-state index contributed by atoms with van der Waals surface area (Å²) in [5.74, 6) is -0.313. The average molecular weight is 425 g/mol. The number of amides is 1. The Bertz CT molecular complexity index is 960. The predicted molar refractivity (Wildman–Crippen MR) is 109 cm³/mol. The van der Waals surface area contributed by atoms with E-state index in [0.29, 0.717) is 5.56 Å². The minimum Gasteiger partial charge on any atom is -0.377 e. The molecule has 0 bridgehead atoms. The van der Waals surface area contributed by atoms with Crippen LogP contribution in [-0.2, 0) is 14.8 Å². The smallest absolute Gasteiger partial charge is 0.256 e. The van der Waals surface area contributed by atoms with Crippen molar-refractivity contribution in [3.63, 3.8) is 0 Å². The van der Waals surface area contributed by atoms with Gasteiger partial charge in [-0.2, -0.15) is 0 Å². The number of hydrogen-bond acceptors (Lipinski definition) is 5. The maximum absolute atomic E-state index is 13.8. The normalized spacial score (nSPS) is 16.7. The number of ether oxygens (including phenoxy) is 1. The van der Waals surface area contributed by atoms with Crippen LogP contribution in [0.3, 0.4) is 0 Å². The second-order valence-corrected chi connectivity index (χ2v) is 9.28. The van der Waals surface area contributed by atoms with Crippen LogP contribution in [0.15, 0.2) is 47.4 Å². The highest BCUT2D eigenvalue weighted by Gasteiger charge is 2.18. The maximum Gasteiger partial charge on any atom is 0.256 e. The molecule has 1 amide bonds. The van der Waals surface area contributed by atoms with E-state index in [1.54, 1.807) is 23.9 Å². The first kappa shape index (κ1) is 20.6. The van der Waals surface area contributed by atoms with Crippen molar-refractivity contribution in [1.29, 1.82) is 0 Å². The molecular weight excluding hydrogens is 403 g/mol. The Morgan fingerprint density at radius 3 is 2.79 bits per heavy atom. The number of carbonyl (C=O) groups is 1. The number of sulfonamides is 1. The van der Waals surface area contributed by atoms with Gasteiger partial charge in [0.2, 0.25) is 10.0 Å². The molecule has 2 N–H and O–H groups in total. The van der Waals surface area contributed by atoms with Gasteiger partial charge in [-0.3, -0.25) is 9.52 Å². The van der Waals surface area contributed by atoms with Gasteiger partial charge in [-0.25, -0.2) is 12.8 Å². The molecule has 150 valence electrons. The second kappa shape index (κ2) is 8.93. The summed E-state index contributed by atoms with van der Waals surface area (Å²) in [6.45, 7) is 0.780. The molecule has 28 heavy (non-hydrogen) atoms. The van der Waals surface area contributed by atoms with Crippen molar-refractivity contribution in [2.75, 3.05) is 28.7 Å². The quantitative estimate of drug-likeness (QED) is 0.662. The van der Waals surface area contributed by atoms with E-state index in [2.05, 4.69) is 10.0 Å². The summed E-state index contributed by atoms with van der Waals surface area (Å²) in [5.41, 5.74) is 0.560. The van der Waals surface area contributed by atoms with Crippen LogP contribution in [0.2, 0.25) is 0 Å². The van der Waals surface area contributed by atoms with Gasteiger partial charge in [0.1, 0.15) is 5.82 Å². The highest BCUT2D eigenvalue weighted by molar-refractivity contribution is 7.99. The minimum atomic E-state index is -3.64. The largest absolute Gasteiger partial charge is 0.377 e. The molecule has 0 aliphatic carbocycles.